The van der Waals surface area contributed by atoms with E-state index in [2.05, 4.69) is 10.1 Å². The molecule has 138 valence electrons. The van der Waals surface area contributed by atoms with Gasteiger partial charge in [-0.1, -0.05) is 22.8 Å². The van der Waals surface area contributed by atoms with Gasteiger partial charge in [-0.15, -0.1) is 0 Å². The van der Waals surface area contributed by atoms with Crippen LogP contribution in [0.1, 0.15) is 24.5 Å². The van der Waals surface area contributed by atoms with Gasteiger partial charge in [-0.3, -0.25) is 0 Å². The van der Waals surface area contributed by atoms with E-state index in [1.54, 1.807) is 19.2 Å². The molecule has 6 nitrogen and oxygen atoms in total. The third-order valence-electron chi connectivity index (χ3n) is 4.24. The molecular formula is C20H17ClN2O4. The van der Waals surface area contributed by atoms with Gasteiger partial charge in [-0.25, -0.2) is 0 Å². The number of furan rings is 1. The van der Waals surface area contributed by atoms with Gasteiger partial charge >= 0.3 is 0 Å². The van der Waals surface area contributed by atoms with Crippen molar-refractivity contribution in [3.8, 4) is 23.1 Å². The van der Waals surface area contributed by atoms with E-state index in [4.69, 9.17) is 30.0 Å². The van der Waals surface area contributed by atoms with Crippen molar-refractivity contribution < 1.29 is 18.4 Å². The van der Waals surface area contributed by atoms with Gasteiger partial charge in [0.25, 0.3) is 5.89 Å². The van der Waals surface area contributed by atoms with E-state index in [1.807, 2.05) is 44.2 Å². The Morgan fingerprint density at radius 3 is 2.74 bits per heavy atom. The van der Waals surface area contributed by atoms with Crippen molar-refractivity contribution in [3.63, 3.8) is 0 Å². The molecule has 0 bridgehead atoms. The Balaban J connectivity index is 1.62. The summed E-state index contributed by atoms with van der Waals surface area (Å²) < 4.78 is 22.4. The first-order valence-electron chi connectivity index (χ1n) is 8.38. The number of hydrogen-bond acceptors (Lipinski definition) is 6. The lowest BCUT2D eigenvalue weighted by Gasteiger charge is -2.10. The van der Waals surface area contributed by atoms with Crippen LogP contribution in [0.15, 0.2) is 51.4 Å². The summed E-state index contributed by atoms with van der Waals surface area (Å²) in [7, 11) is 1.63. The molecule has 1 atom stereocenters. The van der Waals surface area contributed by atoms with E-state index in [0.717, 1.165) is 22.3 Å². The molecule has 0 saturated heterocycles. The zero-order valence-corrected chi connectivity index (χ0v) is 15.8. The van der Waals surface area contributed by atoms with Crippen LogP contribution in [0.2, 0.25) is 5.02 Å². The number of aryl methyl sites for hydroxylation is 1. The maximum absolute atomic E-state index is 5.98. The van der Waals surface area contributed by atoms with Crippen molar-refractivity contribution in [1.29, 1.82) is 0 Å². The number of ether oxygens (including phenoxy) is 2. The van der Waals surface area contributed by atoms with Crippen molar-refractivity contribution in [1.82, 2.24) is 10.1 Å². The van der Waals surface area contributed by atoms with Crippen molar-refractivity contribution in [2.45, 2.75) is 20.0 Å². The molecule has 4 aromatic rings. The Hall–Kier alpha value is -2.99. The Kier molecular flexibility index (Phi) is 4.49. The average molecular weight is 385 g/mol. The Labute approximate surface area is 160 Å². The first kappa shape index (κ1) is 17.4. The molecule has 0 radical (unpaired) electrons. The lowest BCUT2D eigenvalue weighted by atomic mass is 10.1. The molecule has 1 unspecified atom stereocenters. The number of aromatic nitrogens is 2. The second kappa shape index (κ2) is 6.96. The van der Waals surface area contributed by atoms with Gasteiger partial charge in [0, 0.05) is 16.0 Å². The number of nitrogens with zero attached hydrogens (tertiary/aromatic N) is 2. The number of methoxy groups -OCH3 is 1. The van der Waals surface area contributed by atoms with Gasteiger partial charge in [-0.2, -0.15) is 4.98 Å². The fraction of sp³-hybridized carbons (Fsp3) is 0.200. The van der Waals surface area contributed by atoms with Gasteiger partial charge in [0.15, 0.2) is 11.9 Å². The topological polar surface area (TPSA) is 70.5 Å². The second-order valence-electron chi connectivity index (χ2n) is 6.09. The van der Waals surface area contributed by atoms with E-state index < -0.39 is 6.10 Å². The predicted molar refractivity (Wildman–Crippen MR) is 101 cm³/mol. The van der Waals surface area contributed by atoms with Crippen LogP contribution in [0, 0.1) is 6.92 Å². The van der Waals surface area contributed by atoms with Gasteiger partial charge in [0.1, 0.15) is 17.1 Å². The van der Waals surface area contributed by atoms with Crippen LogP contribution in [0.4, 0.5) is 0 Å². The predicted octanol–water partition coefficient (Wildman–Crippen LogP) is 5.59. The number of benzene rings is 2. The van der Waals surface area contributed by atoms with E-state index >= 15 is 0 Å². The van der Waals surface area contributed by atoms with Crippen LogP contribution in [-0.2, 0) is 0 Å². The smallest absolute Gasteiger partial charge is 0.267 e. The van der Waals surface area contributed by atoms with Crippen LogP contribution < -0.4 is 9.47 Å². The molecule has 0 fully saturated rings. The highest BCUT2D eigenvalue weighted by Gasteiger charge is 2.21. The lowest BCUT2D eigenvalue weighted by Crippen LogP contribution is -2.03. The Morgan fingerprint density at radius 1 is 1.11 bits per heavy atom. The largest absolute Gasteiger partial charge is 0.497 e. The third kappa shape index (κ3) is 3.36. The van der Waals surface area contributed by atoms with Gasteiger partial charge in [-0.05, 0) is 50.2 Å². The van der Waals surface area contributed by atoms with Crippen molar-refractivity contribution in [2.24, 2.45) is 0 Å². The minimum Gasteiger partial charge on any atom is -0.497 e. The molecule has 0 amide bonds. The highest BCUT2D eigenvalue weighted by Crippen LogP contribution is 2.34. The third-order valence-corrected chi connectivity index (χ3v) is 4.48. The highest BCUT2D eigenvalue weighted by atomic mass is 35.5. The molecule has 4 rings (SSSR count). The number of rotatable bonds is 5. The first-order valence-corrected chi connectivity index (χ1v) is 8.76. The van der Waals surface area contributed by atoms with Crippen LogP contribution in [0.5, 0.6) is 11.5 Å². The summed E-state index contributed by atoms with van der Waals surface area (Å²) in [5.74, 6) is 2.67. The quantitative estimate of drug-likeness (QED) is 0.446. The second-order valence-corrected chi connectivity index (χ2v) is 6.53. The van der Waals surface area contributed by atoms with E-state index in [0.29, 0.717) is 28.2 Å². The van der Waals surface area contributed by atoms with Gasteiger partial charge in [0.2, 0.25) is 5.82 Å². The van der Waals surface area contributed by atoms with Crippen LogP contribution in [-0.4, -0.2) is 17.3 Å². The number of halogens is 1. The molecule has 27 heavy (non-hydrogen) atoms. The van der Waals surface area contributed by atoms with Crippen LogP contribution in [0.25, 0.3) is 22.6 Å². The summed E-state index contributed by atoms with van der Waals surface area (Å²) in [6.07, 6.45) is -0.436. The molecule has 0 N–H and O–H groups in total. The summed E-state index contributed by atoms with van der Waals surface area (Å²) in [5, 5.41) is 5.59. The van der Waals surface area contributed by atoms with Crippen molar-refractivity contribution in [2.75, 3.05) is 7.11 Å². The Morgan fingerprint density at radius 2 is 1.96 bits per heavy atom. The normalized spacial score (nSPS) is 12.3. The highest BCUT2D eigenvalue weighted by molar-refractivity contribution is 6.30. The van der Waals surface area contributed by atoms with Crippen LogP contribution in [0.3, 0.4) is 0 Å². The molecule has 2 aromatic carbocycles. The molecule has 0 aliphatic rings. The average Bonchev–Trinajstić information content (AvgIpc) is 3.27. The molecule has 0 spiro atoms. The standard InChI is InChI=1S/C20H17ClN2O4/c1-11-16-10-14(24-3)7-8-17(16)26-18(11)19-22-20(27-23-19)12(2)25-15-6-4-5-13(21)9-15/h4-10,12H,1-3H3. The van der Waals surface area contributed by atoms with E-state index in [9.17, 15) is 0 Å². The zero-order valence-electron chi connectivity index (χ0n) is 15.0. The summed E-state index contributed by atoms with van der Waals surface area (Å²) in [6.45, 7) is 3.77. The molecule has 0 saturated carbocycles. The Bertz CT molecular complexity index is 1100. The maximum Gasteiger partial charge on any atom is 0.267 e. The lowest BCUT2D eigenvalue weighted by molar-refractivity contribution is 0.176. The summed E-state index contributed by atoms with van der Waals surface area (Å²) in [4.78, 5) is 4.44. The summed E-state index contributed by atoms with van der Waals surface area (Å²) in [6, 6.07) is 12.8. The van der Waals surface area contributed by atoms with Crippen molar-refractivity contribution in [3.05, 3.63) is 58.9 Å². The monoisotopic (exact) mass is 384 g/mol. The minimum absolute atomic E-state index is 0.349. The van der Waals surface area contributed by atoms with E-state index in [1.165, 1.54) is 0 Å². The first-order chi connectivity index (χ1) is 13.0. The molecule has 0 aliphatic heterocycles. The zero-order chi connectivity index (χ0) is 19.0. The molecule has 2 heterocycles. The maximum atomic E-state index is 5.98. The van der Waals surface area contributed by atoms with Gasteiger partial charge in [0.05, 0.1) is 7.11 Å². The molecular weight excluding hydrogens is 368 g/mol. The fourth-order valence-electron chi connectivity index (χ4n) is 2.83. The molecule has 0 aliphatic carbocycles. The summed E-state index contributed by atoms with van der Waals surface area (Å²) in [5.41, 5.74) is 1.65. The van der Waals surface area contributed by atoms with Crippen LogP contribution >= 0.6 is 11.6 Å². The number of fused-ring (bicyclic) bond motifs is 1. The number of hydrogen-bond donors (Lipinski definition) is 0. The minimum atomic E-state index is -0.436. The SMILES string of the molecule is COc1ccc2oc(-c3noc(C(C)Oc4cccc(Cl)c4)n3)c(C)c2c1. The van der Waals surface area contributed by atoms with E-state index in [-0.39, 0.29) is 0 Å². The van der Waals surface area contributed by atoms with Crippen molar-refractivity contribution >= 4 is 22.6 Å². The molecule has 2 aromatic heterocycles. The summed E-state index contributed by atoms with van der Waals surface area (Å²) >= 11 is 5.98. The van der Waals surface area contributed by atoms with Gasteiger partial charge < -0.3 is 18.4 Å². The fourth-order valence-corrected chi connectivity index (χ4v) is 3.01. The molecule has 7 heteroatoms.